The zero-order valence-electron chi connectivity index (χ0n) is 20.9. The van der Waals surface area contributed by atoms with Crippen LogP contribution in [0.25, 0.3) is 0 Å². The van der Waals surface area contributed by atoms with Crippen molar-refractivity contribution in [2.75, 3.05) is 12.4 Å². The summed E-state index contributed by atoms with van der Waals surface area (Å²) in [4.78, 5) is 29.8. The van der Waals surface area contributed by atoms with Crippen molar-refractivity contribution in [3.05, 3.63) is 94.3 Å². The van der Waals surface area contributed by atoms with Crippen molar-refractivity contribution in [1.82, 2.24) is 4.98 Å². The first-order valence-electron chi connectivity index (χ1n) is 12.2. The highest BCUT2D eigenvalue weighted by atomic mass is 16.5. The molecule has 192 valence electrons. The number of aromatic hydroxyl groups is 1. The zero-order valence-corrected chi connectivity index (χ0v) is 20.9. The lowest BCUT2D eigenvalue weighted by Gasteiger charge is -2.14. The van der Waals surface area contributed by atoms with Gasteiger partial charge < -0.3 is 24.3 Å². The molecule has 1 aromatic carbocycles. The van der Waals surface area contributed by atoms with Crippen LogP contribution in [0.3, 0.4) is 0 Å². The number of aryl methyl sites for hydroxylation is 1. The highest BCUT2D eigenvalue weighted by Gasteiger charge is 2.20. The van der Waals surface area contributed by atoms with Gasteiger partial charge in [-0.3, -0.25) is 4.79 Å². The molecule has 0 spiro atoms. The lowest BCUT2D eigenvalue weighted by atomic mass is 9.98. The molecule has 0 aliphatic heterocycles. The van der Waals surface area contributed by atoms with Gasteiger partial charge in [-0.15, -0.1) is 0 Å². The van der Waals surface area contributed by atoms with Gasteiger partial charge in [-0.05, 0) is 43.0 Å². The molecule has 37 heavy (non-hydrogen) atoms. The van der Waals surface area contributed by atoms with E-state index in [4.69, 9.17) is 13.9 Å². The van der Waals surface area contributed by atoms with E-state index in [0.29, 0.717) is 17.4 Å². The summed E-state index contributed by atoms with van der Waals surface area (Å²) in [5.74, 6) is 0.769. The van der Waals surface area contributed by atoms with Gasteiger partial charge in [0.1, 0.15) is 17.2 Å². The summed E-state index contributed by atoms with van der Waals surface area (Å²) in [6.07, 6.45) is 6.85. The minimum atomic E-state index is -0.787. The Kier molecular flexibility index (Phi) is 8.40. The first-order chi connectivity index (χ1) is 18.0. The summed E-state index contributed by atoms with van der Waals surface area (Å²) < 4.78 is 16.9. The van der Waals surface area contributed by atoms with E-state index >= 15 is 0 Å². The van der Waals surface area contributed by atoms with Gasteiger partial charge in [0, 0.05) is 12.3 Å². The van der Waals surface area contributed by atoms with Gasteiger partial charge in [0.05, 0.1) is 7.11 Å². The number of carbonyl (C=O) groups is 1. The van der Waals surface area contributed by atoms with E-state index in [1.54, 1.807) is 19.1 Å². The van der Waals surface area contributed by atoms with E-state index in [0.717, 1.165) is 24.8 Å². The smallest absolute Gasteiger partial charge is 0.360 e. The largest absolute Gasteiger partial charge is 0.503 e. The number of pyridine rings is 1. The molecule has 0 unspecified atom stereocenters. The maximum absolute atomic E-state index is 13.1. The van der Waals surface area contributed by atoms with E-state index in [2.05, 4.69) is 10.3 Å². The quantitative estimate of drug-likeness (QED) is 0.410. The molecule has 2 N–H and O–H groups in total. The van der Waals surface area contributed by atoms with E-state index in [1.807, 2.05) is 36.4 Å². The lowest BCUT2D eigenvalue weighted by Crippen LogP contribution is -2.18. The molecule has 3 aromatic rings. The molecule has 1 fully saturated rings. The first kappa shape index (κ1) is 25.8. The van der Waals surface area contributed by atoms with Crippen LogP contribution in [0.2, 0.25) is 0 Å². The molecular weight excluding hydrogens is 472 g/mol. The Morgan fingerprint density at radius 1 is 1.08 bits per heavy atom. The number of aromatic nitrogens is 1. The van der Waals surface area contributed by atoms with E-state index in [9.17, 15) is 14.7 Å². The number of hydrogen-bond acceptors (Lipinski definition) is 7. The third-order valence-electron chi connectivity index (χ3n) is 6.27. The zero-order chi connectivity index (χ0) is 26.2. The Bertz CT molecular complexity index is 1360. The molecule has 1 aliphatic carbocycles. The Morgan fingerprint density at radius 2 is 1.78 bits per heavy atom. The van der Waals surface area contributed by atoms with E-state index in [1.165, 1.54) is 38.3 Å². The molecule has 0 bridgehead atoms. The summed E-state index contributed by atoms with van der Waals surface area (Å²) in [6, 6.07) is 17.6. The normalized spacial score (nSPS) is 13.0. The van der Waals surface area contributed by atoms with Gasteiger partial charge >= 0.3 is 5.63 Å². The van der Waals surface area contributed by atoms with Crippen molar-refractivity contribution >= 4 is 11.6 Å². The maximum Gasteiger partial charge on any atom is 0.360 e. The number of hydrogen-bond donors (Lipinski definition) is 2. The van der Waals surface area contributed by atoms with Crippen LogP contribution in [0.15, 0.2) is 76.1 Å². The number of para-hydroxylation sites is 1. The summed E-state index contributed by atoms with van der Waals surface area (Å²) in [7, 11) is 1.36. The second-order valence-electron chi connectivity index (χ2n) is 8.87. The average molecular weight is 503 g/mol. The predicted molar refractivity (Wildman–Crippen MR) is 140 cm³/mol. The average Bonchev–Trinajstić information content (AvgIpc) is 3.41. The molecule has 8 heteroatoms. The van der Waals surface area contributed by atoms with Crippen LogP contribution < -0.4 is 20.4 Å². The van der Waals surface area contributed by atoms with Crippen LogP contribution in [0, 0.1) is 12.8 Å². The molecule has 4 rings (SSSR count). The van der Waals surface area contributed by atoms with Crippen molar-refractivity contribution in [3.8, 4) is 23.0 Å². The number of methoxy groups -OCH3 is 1. The predicted octanol–water partition coefficient (Wildman–Crippen LogP) is 5.96. The van der Waals surface area contributed by atoms with Crippen molar-refractivity contribution < 1.29 is 23.8 Å². The molecule has 1 amide bonds. The van der Waals surface area contributed by atoms with Gasteiger partial charge in [-0.2, -0.15) is 0 Å². The van der Waals surface area contributed by atoms with Gasteiger partial charge in [0.25, 0.3) is 5.91 Å². The van der Waals surface area contributed by atoms with E-state index < -0.39 is 17.3 Å². The number of nitrogens with one attached hydrogen (secondary N) is 1. The summed E-state index contributed by atoms with van der Waals surface area (Å²) >= 11 is 0. The van der Waals surface area contributed by atoms with Crippen LogP contribution in [0.1, 0.15) is 47.5 Å². The van der Waals surface area contributed by atoms with Crippen LogP contribution in [0.4, 0.5) is 5.69 Å². The van der Waals surface area contributed by atoms with Gasteiger partial charge in [0.2, 0.25) is 0 Å². The highest BCUT2D eigenvalue weighted by Crippen LogP contribution is 2.34. The Hall–Kier alpha value is -4.33. The minimum Gasteiger partial charge on any atom is -0.503 e. The summed E-state index contributed by atoms with van der Waals surface area (Å²) in [5, 5.41) is 12.8. The third-order valence-corrected chi connectivity index (χ3v) is 6.27. The standard InChI is InChI=1S/C29H30N2O6/c1-19-27(37-22-13-4-3-5-14-22)21(18-20-10-6-7-11-20)12-8-9-15-23(29(34)36-19)31-28(33)25-26(32)24(35-2)16-17-30-25/h3-5,8-9,12-17,20,32H,6-7,10-11,18H2,1-2H3,(H,31,33). The fourth-order valence-corrected chi connectivity index (χ4v) is 4.41. The van der Waals surface area contributed by atoms with Crippen molar-refractivity contribution in [2.45, 2.75) is 39.0 Å². The number of anilines is 1. The van der Waals surface area contributed by atoms with Crippen molar-refractivity contribution in [3.63, 3.8) is 0 Å². The molecular formula is C29H30N2O6. The number of carbonyl (C=O) groups excluding carboxylic acids is 1. The van der Waals surface area contributed by atoms with E-state index in [-0.39, 0.29) is 22.9 Å². The van der Waals surface area contributed by atoms with Gasteiger partial charge in [-0.25, -0.2) is 9.78 Å². The summed E-state index contributed by atoms with van der Waals surface area (Å²) in [5.41, 5.74) is -0.262. The molecule has 0 atom stereocenters. The molecule has 8 nitrogen and oxygen atoms in total. The fraction of sp³-hybridized carbons (Fsp3) is 0.276. The van der Waals surface area contributed by atoms with Crippen LogP contribution in [-0.2, 0) is 6.42 Å². The molecule has 1 aliphatic rings. The van der Waals surface area contributed by atoms with Gasteiger partial charge in [-0.1, -0.05) is 62.1 Å². The number of rotatable bonds is 7. The Balaban J connectivity index is 1.76. The van der Waals surface area contributed by atoms with Crippen LogP contribution in [-0.4, -0.2) is 23.1 Å². The monoisotopic (exact) mass is 502 g/mol. The Morgan fingerprint density at radius 3 is 2.51 bits per heavy atom. The first-order valence-corrected chi connectivity index (χ1v) is 12.2. The highest BCUT2D eigenvalue weighted by molar-refractivity contribution is 6.04. The number of nitrogens with zero attached hydrogens (tertiary/aromatic N) is 1. The van der Waals surface area contributed by atoms with Crippen LogP contribution in [0.5, 0.6) is 23.0 Å². The number of amides is 1. The second-order valence-corrected chi connectivity index (χ2v) is 8.87. The maximum atomic E-state index is 13.1. The molecule has 0 radical (unpaired) electrons. The molecule has 2 heterocycles. The molecule has 2 aromatic heterocycles. The fourth-order valence-electron chi connectivity index (χ4n) is 4.41. The Labute approximate surface area is 215 Å². The third kappa shape index (κ3) is 6.46. The SMILES string of the molecule is COc1ccnc(C(=O)Nc2ccccc(CC3CCCC3)c(Oc3ccccc3)c(C)oc2=O)c1O. The number of benzene rings is 1. The summed E-state index contributed by atoms with van der Waals surface area (Å²) in [6.45, 7) is 1.67. The topological polar surface area (TPSA) is 111 Å². The molecule has 0 saturated heterocycles. The number of ether oxygens (including phenoxy) is 2. The second kappa shape index (κ2) is 12.1. The minimum absolute atomic E-state index is 0.0870. The molecule has 1 saturated carbocycles. The van der Waals surface area contributed by atoms with Crippen LogP contribution >= 0.6 is 0 Å². The van der Waals surface area contributed by atoms with Gasteiger partial charge in [0.15, 0.2) is 22.9 Å². The lowest BCUT2D eigenvalue weighted by molar-refractivity contribution is 0.101. The van der Waals surface area contributed by atoms with Crippen molar-refractivity contribution in [1.29, 1.82) is 0 Å². The van der Waals surface area contributed by atoms with Crippen molar-refractivity contribution in [2.24, 2.45) is 5.92 Å².